The third kappa shape index (κ3) is 3.79. The lowest BCUT2D eigenvalue weighted by atomic mass is 10.1. The number of hydrogen-bond acceptors (Lipinski definition) is 5. The van der Waals surface area contributed by atoms with Gasteiger partial charge >= 0.3 is 0 Å². The van der Waals surface area contributed by atoms with Crippen LogP contribution in [0, 0.1) is 11.6 Å². The number of aromatic nitrogens is 4. The van der Waals surface area contributed by atoms with Crippen LogP contribution in [0.2, 0.25) is 0 Å². The third-order valence-corrected chi connectivity index (χ3v) is 4.59. The van der Waals surface area contributed by atoms with Gasteiger partial charge in [0.05, 0.1) is 6.61 Å². The van der Waals surface area contributed by atoms with E-state index in [1.165, 1.54) is 23.9 Å². The molecule has 0 saturated heterocycles. The molecular weight excluding hydrogens is 346 g/mol. The molecule has 1 heterocycles. The number of benzene rings is 2. The van der Waals surface area contributed by atoms with Gasteiger partial charge in [0.2, 0.25) is 5.16 Å². The zero-order valence-corrected chi connectivity index (χ0v) is 14.5. The Morgan fingerprint density at radius 2 is 2.00 bits per heavy atom. The molecule has 0 aliphatic heterocycles. The van der Waals surface area contributed by atoms with E-state index in [1.807, 2.05) is 38.1 Å². The van der Waals surface area contributed by atoms with Crippen LogP contribution in [0.3, 0.4) is 0 Å². The van der Waals surface area contributed by atoms with Crippen molar-refractivity contribution in [1.82, 2.24) is 20.2 Å². The first kappa shape index (κ1) is 17.3. The maximum Gasteiger partial charge on any atom is 0.214 e. The molecule has 0 aliphatic carbocycles. The molecule has 1 aromatic heterocycles. The quantitative estimate of drug-likeness (QED) is 0.616. The summed E-state index contributed by atoms with van der Waals surface area (Å²) in [7, 11) is 0. The number of hydrogen-bond donors (Lipinski definition) is 0. The maximum atomic E-state index is 14.0. The van der Waals surface area contributed by atoms with E-state index in [4.69, 9.17) is 4.74 Å². The van der Waals surface area contributed by atoms with E-state index in [0.29, 0.717) is 28.8 Å². The largest absolute Gasteiger partial charge is 0.492 e. The van der Waals surface area contributed by atoms with Crippen molar-refractivity contribution in [3.8, 4) is 11.4 Å². The highest BCUT2D eigenvalue weighted by atomic mass is 32.2. The van der Waals surface area contributed by atoms with Crippen molar-refractivity contribution in [1.29, 1.82) is 0 Å². The van der Waals surface area contributed by atoms with Crippen LogP contribution in [0.5, 0.6) is 5.75 Å². The lowest BCUT2D eigenvalue weighted by Gasteiger charge is -2.14. The Morgan fingerprint density at radius 3 is 2.76 bits per heavy atom. The van der Waals surface area contributed by atoms with Crippen molar-refractivity contribution in [2.75, 3.05) is 6.61 Å². The lowest BCUT2D eigenvalue weighted by molar-refractivity contribution is 0.337. The Bertz CT molecular complexity index is 871. The number of ether oxygens (including phenoxy) is 1. The average Bonchev–Trinajstić information content (AvgIpc) is 3.03. The molecule has 1 atom stereocenters. The van der Waals surface area contributed by atoms with Crippen LogP contribution in [-0.2, 0) is 0 Å². The monoisotopic (exact) mass is 362 g/mol. The minimum atomic E-state index is -0.603. The van der Waals surface area contributed by atoms with E-state index in [2.05, 4.69) is 15.5 Å². The van der Waals surface area contributed by atoms with Gasteiger partial charge in [-0.15, -0.1) is 5.10 Å². The molecule has 3 aromatic rings. The summed E-state index contributed by atoms with van der Waals surface area (Å²) in [6.07, 6.45) is 0. The Labute approximate surface area is 148 Å². The van der Waals surface area contributed by atoms with Gasteiger partial charge in [0, 0.05) is 16.9 Å². The minimum absolute atomic E-state index is 0.301. The van der Waals surface area contributed by atoms with Gasteiger partial charge in [-0.25, -0.2) is 8.78 Å². The molecule has 3 rings (SSSR count). The standard InChI is InChI=1S/C17H16F2N4OS/c1-3-24-16-7-5-4-6-15(16)23-17(20-21-22-23)25-11(2)13-9-8-12(18)10-14(13)19/h4-11H,3H2,1-2H3. The summed E-state index contributed by atoms with van der Waals surface area (Å²) in [6.45, 7) is 4.22. The lowest BCUT2D eigenvalue weighted by Crippen LogP contribution is -2.04. The van der Waals surface area contributed by atoms with Gasteiger partial charge in [-0.3, -0.25) is 0 Å². The summed E-state index contributed by atoms with van der Waals surface area (Å²) in [5, 5.41) is 11.9. The fourth-order valence-electron chi connectivity index (χ4n) is 2.37. The van der Waals surface area contributed by atoms with Crippen molar-refractivity contribution < 1.29 is 13.5 Å². The van der Waals surface area contributed by atoms with Crippen LogP contribution in [0.4, 0.5) is 8.78 Å². The normalized spacial score (nSPS) is 12.2. The summed E-state index contributed by atoms with van der Waals surface area (Å²) in [6, 6.07) is 10.9. The fourth-order valence-corrected chi connectivity index (χ4v) is 3.32. The number of thioether (sulfide) groups is 1. The predicted molar refractivity (Wildman–Crippen MR) is 91.0 cm³/mol. The molecule has 130 valence electrons. The van der Waals surface area contributed by atoms with Gasteiger partial charge in [0.15, 0.2) is 0 Å². The molecule has 0 radical (unpaired) electrons. The highest BCUT2D eigenvalue weighted by molar-refractivity contribution is 7.99. The zero-order chi connectivity index (χ0) is 17.8. The first-order chi connectivity index (χ1) is 12.1. The predicted octanol–water partition coefficient (Wildman–Crippen LogP) is 4.19. The second-order valence-electron chi connectivity index (χ2n) is 5.20. The average molecular weight is 362 g/mol. The summed E-state index contributed by atoms with van der Waals surface area (Å²) in [5.41, 5.74) is 1.09. The topological polar surface area (TPSA) is 52.8 Å². The van der Waals surface area contributed by atoms with E-state index in [9.17, 15) is 8.78 Å². The van der Waals surface area contributed by atoms with Crippen LogP contribution in [-0.4, -0.2) is 26.8 Å². The van der Waals surface area contributed by atoms with Gasteiger partial charge in [-0.1, -0.05) is 30.0 Å². The van der Waals surface area contributed by atoms with Gasteiger partial charge in [0.1, 0.15) is 23.1 Å². The molecular formula is C17H16F2N4OS. The van der Waals surface area contributed by atoms with E-state index in [1.54, 1.807) is 4.68 Å². The maximum absolute atomic E-state index is 14.0. The highest BCUT2D eigenvalue weighted by Crippen LogP contribution is 2.36. The van der Waals surface area contributed by atoms with Crippen molar-refractivity contribution in [3.05, 3.63) is 59.7 Å². The number of rotatable bonds is 6. The van der Waals surface area contributed by atoms with E-state index in [-0.39, 0.29) is 5.25 Å². The van der Waals surface area contributed by atoms with Crippen molar-refractivity contribution in [3.63, 3.8) is 0 Å². The van der Waals surface area contributed by atoms with Crippen molar-refractivity contribution in [2.45, 2.75) is 24.3 Å². The first-order valence-electron chi connectivity index (χ1n) is 7.72. The minimum Gasteiger partial charge on any atom is -0.492 e. The van der Waals surface area contributed by atoms with E-state index < -0.39 is 11.6 Å². The molecule has 8 heteroatoms. The smallest absolute Gasteiger partial charge is 0.214 e. The first-order valence-corrected chi connectivity index (χ1v) is 8.60. The summed E-state index contributed by atoms with van der Waals surface area (Å²) >= 11 is 1.28. The van der Waals surface area contributed by atoms with Crippen LogP contribution in [0.25, 0.3) is 5.69 Å². The van der Waals surface area contributed by atoms with Gasteiger partial charge in [-0.05, 0) is 42.5 Å². The molecule has 25 heavy (non-hydrogen) atoms. The van der Waals surface area contributed by atoms with Gasteiger partial charge in [0.25, 0.3) is 0 Å². The molecule has 0 aliphatic rings. The molecule has 0 N–H and O–H groups in total. The summed E-state index contributed by atoms with van der Waals surface area (Å²) in [5.74, 6) is -0.539. The van der Waals surface area contributed by atoms with Crippen LogP contribution < -0.4 is 4.74 Å². The van der Waals surface area contributed by atoms with Crippen molar-refractivity contribution >= 4 is 11.8 Å². The zero-order valence-electron chi connectivity index (χ0n) is 13.7. The Morgan fingerprint density at radius 1 is 1.20 bits per heavy atom. The Balaban J connectivity index is 1.90. The Hall–Kier alpha value is -2.48. The molecule has 0 spiro atoms. The van der Waals surface area contributed by atoms with Crippen LogP contribution in [0.15, 0.2) is 47.6 Å². The number of tetrazole rings is 1. The SMILES string of the molecule is CCOc1ccccc1-n1nnnc1SC(C)c1ccc(F)cc1F. The van der Waals surface area contributed by atoms with E-state index >= 15 is 0 Å². The second kappa shape index (κ2) is 7.60. The molecule has 1 unspecified atom stereocenters. The third-order valence-electron chi connectivity index (χ3n) is 3.52. The molecule has 0 amide bonds. The molecule has 2 aromatic carbocycles. The van der Waals surface area contributed by atoms with Crippen molar-refractivity contribution in [2.24, 2.45) is 0 Å². The molecule has 0 fully saturated rings. The number of nitrogens with zero attached hydrogens (tertiary/aromatic N) is 4. The number of para-hydroxylation sites is 2. The van der Waals surface area contributed by atoms with Crippen LogP contribution in [0.1, 0.15) is 24.7 Å². The van der Waals surface area contributed by atoms with Gasteiger partial charge < -0.3 is 4.74 Å². The number of halogens is 2. The molecule has 0 saturated carbocycles. The molecule has 0 bridgehead atoms. The summed E-state index contributed by atoms with van der Waals surface area (Å²) < 4.78 is 34.2. The van der Waals surface area contributed by atoms with Crippen LogP contribution >= 0.6 is 11.8 Å². The summed E-state index contributed by atoms with van der Waals surface area (Å²) in [4.78, 5) is 0. The second-order valence-corrected chi connectivity index (χ2v) is 6.51. The Kier molecular flexibility index (Phi) is 5.28. The van der Waals surface area contributed by atoms with Gasteiger partial charge in [-0.2, -0.15) is 4.68 Å². The molecule has 5 nitrogen and oxygen atoms in total. The fraction of sp³-hybridized carbons (Fsp3) is 0.235. The highest BCUT2D eigenvalue weighted by Gasteiger charge is 2.19. The van der Waals surface area contributed by atoms with E-state index in [0.717, 1.165) is 6.07 Å².